The van der Waals surface area contributed by atoms with Crippen LogP contribution in [0.3, 0.4) is 0 Å². The topological polar surface area (TPSA) is 55.2 Å². The number of hydrogen-bond donors (Lipinski definition) is 1. The smallest absolute Gasteiger partial charge is 0.230 e. The van der Waals surface area contributed by atoms with Crippen molar-refractivity contribution in [3.8, 4) is 17.4 Å². The van der Waals surface area contributed by atoms with E-state index in [-0.39, 0.29) is 5.75 Å². The van der Waals surface area contributed by atoms with Crippen LogP contribution in [-0.2, 0) is 0 Å². The number of para-hydroxylation sites is 1. The van der Waals surface area contributed by atoms with Crippen LogP contribution in [0.15, 0.2) is 79.4 Å². The van der Waals surface area contributed by atoms with Crippen molar-refractivity contribution in [2.45, 2.75) is 13.1 Å². The molecule has 4 nitrogen and oxygen atoms in total. The van der Waals surface area contributed by atoms with E-state index in [4.69, 9.17) is 4.74 Å². The Hall–Kier alpha value is -3.47. The average molecular weight is 362 g/mol. The van der Waals surface area contributed by atoms with Gasteiger partial charge in [-0.25, -0.2) is 9.37 Å². The number of hydrogen-bond acceptors (Lipinski definition) is 4. The summed E-state index contributed by atoms with van der Waals surface area (Å²) in [6, 6.07) is 13.8. The molecule has 1 aromatic heterocycles. The maximum absolute atomic E-state index is 13.2. The zero-order chi connectivity index (χ0) is 19.2. The highest BCUT2D eigenvalue weighted by molar-refractivity contribution is 5.86. The summed E-state index contributed by atoms with van der Waals surface area (Å²) in [5.74, 6) is 1.46. The van der Waals surface area contributed by atoms with E-state index in [2.05, 4.69) is 16.5 Å². The third kappa shape index (κ3) is 4.58. The first-order valence-electron chi connectivity index (χ1n) is 8.46. The fourth-order valence-electron chi connectivity index (χ4n) is 2.45. The number of aromatic nitrogens is 2. The Morgan fingerprint density at radius 2 is 1.89 bits per heavy atom. The molecule has 2 aromatic carbocycles. The van der Waals surface area contributed by atoms with Gasteiger partial charge in [-0.15, -0.1) is 0 Å². The Balaban J connectivity index is 2.10. The first-order valence-corrected chi connectivity index (χ1v) is 8.46. The number of aromatic hydroxyl groups is 1. The predicted molar refractivity (Wildman–Crippen MR) is 106 cm³/mol. The van der Waals surface area contributed by atoms with Crippen molar-refractivity contribution in [3.63, 3.8) is 0 Å². The lowest BCUT2D eigenvalue weighted by molar-refractivity contribution is 0.431. The largest absolute Gasteiger partial charge is 0.508 e. The average Bonchev–Trinajstić information content (AvgIpc) is 2.66. The van der Waals surface area contributed by atoms with E-state index in [1.165, 1.54) is 25.1 Å². The molecule has 1 atom stereocenters. The van der Waals surface area contributed by atoms with E-state index in [1.807, 2.05) is 24.3 Å². The summed E-state index contributed by atoms with van der Waals surface area (Å²) < 4.78 is 19.2. The Morgan fingerprint density at radius 1 is 1.15 bits per heavy atom. The Morgan fingerprint density at radius 3 is 2.59 bits per heavy atom. The minimum atomic E-state index is -1.09. The van der Waals surface area contributed by atoms with Crippen LogP contribution in [-0.4, -0.2) is 21.2 Å². The van der Waals surface area contributed by atoms with Crippen LogP contribution < -0.4 is 4.74 Å². The van der Waals surface area contributed by atoms with Gasteiger partial charge in [0.2, 0.25) is 5.88 Å². The molecule has 0 bridgehead atoms. The third-order valence-corrected chi connectivity index (χ3v) is 3.72. The summed E-state index contributed by atoms with van der Waals surface area (Å²) in [4.78, 5) is 9.10. The van der Waals surface area contributed by atoms with Gasteiger partial charge in [0.1, 0.15) is 17.7 Å². The van der Waals surface area contributed by atoms with Gasteiger partial charge in [0, 0.05) is 5.57 Å². The molecule has 0 aliphatic rings. The molecule has 5 heteroatoms. The molecule has 0 aliphatic carbocycles. The van der Waals surface area contributed by atoms with Gasteiger partial charge >= 0.3 is 0 Å². The quantitative estimate of drug-likeness (QED) is 0.579. The van der Waals surface area contributed by atoms with Gasteiger partial charge in [-0.1, -0.05) is 43.0 Å². The van der Waals surface area contributed by atoms with Crippen molar-refractivity contribution in [2.24, 2.45) is 0 Å². The summed E-state index contributed by atoms with van der Waals surface area (Å²) in [5, 5.41) is 10.2. The fourth-order valence-corrected chi connectivity index (χ4v) is 2.45. The van der Waals surface area contributed by atoms with Crippen molar-refractivity contribution in [3.05, 3.63) is 85.2 Å². The van der Waals surface area contributed by atoms with Crippen LogP contribution in [0.1, 0.15) is 12.7 Å². The SMILES string of the molecule is C=C/C=C(\C=C/C(C)F)c1nc(Oc2ccc(O)cc2)c2ccccc2n1. The molecule has 1 heterocycles. The molecule has 1 N–H and O–H groups in total. The van der Waals surface area contributed by atoms with Crippen LogP contribution >= 0.6 is 0 Å². The van der Waals surface area contributed by atoms with Crippen LogP contribution in [0, 0.1) is 0 Å². The summed E-state index contributed by atoms with van der Waals surface area (Å²) in [5.41, 5.74) is 1.32. The second-order valence-electron chi connectivity index (χ2n) is 5.86. The molecule has 0 aliphatic heterocycles. The second-order valence-corrected chi connectivity index (χ2v) is 5.86. The van der Waals surface area contributed by atoms with E-state index >= 15 is 0 Å². The molecule has 27 heavy (non-hydrogen) atoms. The molecular weight excluding hydrogens is 343 g/mol. The molecule has 0 fully saturated rings. The molecule has 0 amide bonds. The number of phenolic OH excluding ortho intramolecular Hbond substituents is 1. The van der Waals surface area contributed by atoms with E-state index < -0.39 is 6.17 Å². The molecule has 0 saturated carbocycles. The minimum Gasteiger partial charge on any atom is -0.508 e. The Bertz CT molecular complexity index is 1010. The van der Waals surface area contributed by atoms with Gasteiger partial charge in [-0.05, 0) is 43.3 Å². The lowest BCUT2D eigenvalue weighted by atomic mass is 10.1. The highest BCUT2D eigenvalue weighted by Crippen LogP contribution is 2.30. The number of nitrogens with zero attached hydrogens (tertiary/aromatic N) is 2. The number of halogens is 1. The molecule has 0 radical (unpaired) electrons. The Kier molecular flexibility index (Phi) is 5.61. The molecule has 0 saturated heterocycles. The number of rotatable bonds is 6. The monoisotopic (exact) mass is 362 g/mol. The summed E-state index contributed by atoms with van der Waals surface area (Å²) in [6.45, 7) is 5.15. The first-order chi connectivity index (χ1) is 13.1. The van der Waals surface area contributed by atoms with Gasteiger partial charge < -0.3 is 9.84 Å². The summed E-state index contributed by atoms with van der Waals surface area (Å²) in [6.07, 6.45) is 5.27. The second kappa shape index (κ2) is 8.27. The third-order valence-electron chi connectivity index (χ3n) is 3.72. The maximum atomic E-state index is 13.2. The minimum absolute atomic E-state index is 0.150. The number of phenols is 1. The van der Waals surface area contributed by atoms with E-state index in [0.717, 1.165) is 5.39 Å². The lowest BCUT2D eigenvalue weighted by Crippen LogP contribution is -1.98. The van der Waals surface area contributed by atoms with Crippen LogP contribution in [0.4, 0.5) is 4.39 Å². The van der Waals surface area contributed by atoms with Crippen molar-refractivity contribution >= 4 is 16.5 Å². The zero-order valence-corrected chi connectivity index (χ0v) is 14.8. The molecule has 3 rings (SSSR count). The zero-order valence-electron chi connectivity index (χ0n) is 14.8. The standard InChI is InChI=1S/C22H19FN2O2/c1-3-6-16(10-9-15(2)23)21-24-20-8-5-4-7-19(20)22(25-21)27-18-13-11-17(26)12-14-18/h3-15,26H,1H2,2H3/b10-9-,16-6+. The van der Waals surface area contributed by atoms with E-state index in [1.54, 1.807) is 30.4 Å². The van der Waals surface area contributed by atoms with Crippen LogP contribution in [0.5, 0.6) is 17.4 Å². The van der Waals surface area contributed by atoms with Gasteiger partial charge in [-0.3, -0.25) is 0 Å². The van der Waals surface area contributed by atoms with Gasteiger partial charge in [-0.2, -0.15) is 4.98 Å². The number of benzene rings is 2. The number of alkyl halides is 1. The highest BCUT2D eigenvalue weighted by atomic mass is 19.1. The van der Waals surface area contributed by atoms with Crippen LogP contribution in [0.25, 0.3) is 16.5 Å². The highest BCUT2D eigenvalue weighted by Gasteiger charge is 2.12. The van der Waals surface area contributed by atoms with Crippen molar-refractivity contribution < 1.29 is 14.2 Å². The molecule has 3 aromatic rings. The molecule has 1 unspecified atom stereocenters. The number of allylic oxidation sites excluding steroid dienone is 5. The number of ether oxygens (including phenoxy) is 1. The number of fused-ring (bicyclic) bond motifs is 1. The van der Waals surface area contributed by atoms with Crippen molar-refractivity contribution in [2.75, 3.05) is 0 Å². The fraction of sp³-hybridized carbons (Fsp3) is 0.0909. The summed E-state index contributed by atoms with van der Waals surface area (Å²) >= 11 is 0. The molecular formula is C22H19FN2O2. The molecule has 136 valence electrons. The van der Waals surface area contributed by atoms with Crippen LogP contribution in [0.2, 0.25) is 0 Å². The normalized spacial score (nSPS) is 13.0. The predicted octanol–water partition coefficient (Wildman–Crippen LogP) is 5.61. The van der Waals surface area contributed by atoms with Gasteiger partial charge in [0.15, 0.2) is 5.82 Å². The summed E-state index contributed by atoms with van der Waals surface area (Å²) in [7, 11) is 0. The lowest BCUT2D eigenvalue weighted by Gasteiger charge is -2.10. The van der Waals surface area contributed by atoms with Gasteiger partial charge in [0.05, 0.1) is 10.9 Å². The molecule has 0 spiro atoms. The van der Waals surface area contributed by atoms with Crippen molar-refractivity contribution in [1.29, 1.82) is 0 Å². The maximum Gasteiger partial charge on any atom is 0.230 e. The Labute approximate surface area is 157 Å². The van der Waals surface area contributed by atoms with Gasteiger partial charge in [0.25, 0.3) is 0 Å². The van der Waals surface area contributed by atoms with E-state index in [0.29, 0.717) is 28.5 Å². The van der Waals surface area contributed by atoms with E-state index in [9.17, 15) is 9.50 Å². The first kappa shape index (κ1) is 18.3. The van der Waals surface area contributed by atoms with Crippen molar-refractivity contribution in [1.82, 2.24) is 9.97 Å².